The molecule has 1 amide bonds. The number of aromatic nitrogens is 3. The molecule has 1 saturated heterocycles. The van der Waals surface area contributed by atoms with Crippen molar-refractivity contribution in [1.29, 1.82) is 0 Å². The van der Waals surface area contributed by atoms with Gasteiger partial charge in [0.1, 0.15) is 0 Å². The Hall–Kier alpha value is -2.97. The maximum absolute atomic E-state index is 12.7. The molecule has 0 unspecified atom stereocenters. The van der Waals surface area contributed by atoms with Gasteiger partial charge in [-0.05, 0) is 49.1 Å². The third-order valence-electron chi connectivity index (χ3n) is 6.04. The number of morpholine rings is 1. The van der Waals surface area contributed by atoms with E-state index in [1.54, 1.807) is 11.8 Å². The minimum absolute atomic E-state index is 0.00873. The lowest BCUT2D eigenvalue weighted by Crippen LogP contribution is -2.35. The van der Waals surface area contributed by atoms with E-state index in [4.69, 9.17) is 14.5 Å². The maximum atomic E-state index is 12.7. The van der Waals surface area contributed by atoms with Gasteiger partial charge in [-0.25, -0.2) is 9.67 Å². The molecule has 3 aromatic rings. The number of amides is 1. The van der Waals surface area contributed by atoms with Gasteiger partial charge in [0, 0.05) is 44.5 Å². The van der Waals surface area contributed by atoms with Crippen LogP contribution in [0.4, 0.5) is 5.69 Å². The molecule has 32 heavy (non-hydrogen) atoms. The Bertz CT molecular complexity index is 1120. The predicted molar refractivity (Wildman–Crippen MR) is 124 cm³/mol. The molecule has 8 heteroatoms. The second-order valence-electron chi connectivity index (χ2n) is 8.27. The summed E-state index contributed by atoms with van der Waals surface area (Å²) in [5.41, 5.74) is 5.87. The third-order valence-corrected chi connectivity index (χ3v) is 6.04. The molecule has 0 saturated carbocycles. The molecule has 0 atom stereocenters. The summed E-state index contributed by atoms with van der Waals surface area (Å²) in [7, 11) is 3.47. The van der Waals surface area contributed by atoms with Crippen molar-refractivity contribution < 1.29 is 14.3 Å². The zero-order chi connectivity index (χ0) is 22.7. The highest BCUT2D eigenvalue weighted by Crippen LogP contribution is 2.30. The first-order valence-corrected chi connectivity index (χ1v) is 11.0. The summed E-state index contributed by atoms with van der Waals surface area (Å²) in [6.07, 6.45) is 0.989. The Kier molecular flexibility index (Phi) is 6.72. The molecular formula is C24H31N5O3. The van der Waals surface area contributed by atoms with Gasteiger partial charge in [-0.15, -0.1) is 5.10 Å². The minimum Gasteiger partial charge on any atom is -0.479 e. The average Bonchev–Trinajstić information content (AvgIpc) is 3.10. The van der Waals surface area contributed by atoms with Crippen molar-refractivity contribution in [1.82, 2.24) is 19.7 Å². The monoisotopic (exact) mass is 437 g/mol. The van der Waals surface area contributed by atoms with Gasteiger partial charge >= 0.3 is 0 Å². The lowest BCUT2D eigenvalue weighted by Gasteiger charge is -2.26. The molecule has 1 N–H and O–H groups in total. The number of carbonyl (C=O) groups is 1. The molecule has 1 aliphatic rings. The first-order valence-electron chi connectivity index (χ1n) is 11.0. The van der Waals surface area contributed by atoms with E-state index in [0.29, 0.717) is 18.7 Å². The van der Waals surface area contributed by atoms with Crippen molar-refractivity contribution in [3.05, 3.63) is 46.6 Å². The van der Waals surface area contributed by atoms with Crippen molar-refractivity contribution in [3.63, 3.8) is 0 Å². The van der Waals surface area contributed by atoms with E-state index in [1.165, 1.54) is 5.56 Å². The quantitative estimate of drug-likeness (QED) is 0.612. The van der Waals surface area contributed by atoms with Crippen LogP contribution in [-0.2, 0) is 29.5 Å². The number of aryl methyl sites for hydroxylation is 3. The van der Waals surface area contributed by atoms with E-state index in [-0.39, 0.29) is 5.91 Å². The van der Waals surface area contributed by atoms with Crippen molar-refractivity contribution in [2.75, 3.05) is 38.7 Å². The van der Waals surface area contributed by atoms with Crippen LogP contribution in [0.25, 0.3) is 11.0 Å². The molecule has 3 heterocycles. The van der Waals surface area contributed by atoms with E-state index < -0.39 is 0 Å². The second kappa shape index (κ2) is 9.67. The number of fused-ring (bicyclic) bond motifs is 1. The van der Waals surface area contributed by atoms with E-state index in [1.807, 2.05) is 33.0 Å². The van der Waals surface area contributed by atoms with E-state index in [2.05, 4.69) is 27.4 Å². The standard InChI is InChI=1S/C24H31N5O3/c1-16-20(17(2)25-23-22(16)24(31-4)27-28(23)3)8-9-21(30)26-19-7-5-6-18(14-19)15-29-10-12-32-13-11-29/h5-7,14H,8-13,15H2,1-4H3,(H,26,30). The van der Waals surface area contributed by atoms with Gasteiger partial charge in [0.05, 0.1) is 25.7 Å². The van der Waals surface area contributed by atoms with Gasteiger partial charge in [0.25, 0.3) is 0 Å². The molecular weight excluding hydrogens is 406 g/mol. The van der Waals surface area contributed by atoms with Gasteiger partial charge < -0.3 is 14.8 Å². The Balaban J connectivity index is 1.42. The van der Waals surface area contributed by atoms with Gasteiger partial charge in [0.2, 0.25) is 11.8 Å². The zero-order valence-electron chi connectivity index (χ0n) is 19.3. The van der Waals surface area contributed by atoms with Crippen LogP contribution >= 0.6 is 0 Å². The zero-order valence-corrected chi connectivity index (χ0v) is 19.3. The molecule has 2 aromatic heterocycles. The number of anilines is 1. The second-order valence-corrected chi connectivity index (χ2v) is 8.27. The SMILES string of the molecule is COc1nn(C)c2nc(C)c(CCC(=O)Nc3cccc(CN4CCOCC4)c3)c(C)c12. The number of carbonyl (C=O) groups excluding carboxylic acids is 1. The summed E-state index contributed by atoms with van der Waals surface area (Å²) in [6.45, 7) is 8.33. The Labute approximate surface area is 188 Å². The van der Waals surface area contributed by atoms with Crippen LogP contribution in [0.15, 0.2) is 24.3 Å². The highest BCUT2D eigenvalue weighted by atomic mass is 16.5. The summed E-state index contributed by atoms with van der Waals surface area (Å²) in [5, 5.41) is 8.35. The number of benzene rings is 1. The van der Waals surface area contributed by atoms with Crippen LogP contribution in [0.1, 0.15) is 28.8 Å². The maximum Gasteiger partial charge on any atom is 0.242 e. The number of rotatable bonds is 7. The lowest BCUT2D eigenvalue weighted by atomic mass is 10.00. The molecule has 8 nitrogen and oxygen atoms in total. The molecule has 0 spiro atoms. The number of ether oxygens (including phenoxy) is 2. The van der Waals surface area contributed by atoms with Crippen LogP contribution in [0, 0.1) is 13.8 Å². The van der Waals surface area contributed by atoms with Crippen molar-refractivity contribution in [2.45, 2.75) is 33.2 Å². The number of nitrogens with zero attached hydrogens (tertiary/aromatic N) is 4. The minimum atomic E-state index is -0.00873. The Morgan fingerprint density at radius 2 is 2.03 bits per heavy atom. The van der Waals surface area contributed by atoms with Crippen LogP contribution in [0.3, 0.4) is 0 Å². The van der Waals surface area contributed by atoms with Crippen molar-refractivity contribution in [2.24, 2.45) is 7.05 Å². The number of pyridine rings is 1. The fourth-order valence-electron chi connectivity index (χ4n) is 4.33. The fourth-order valence-corrected chi connectivity index (χ4v) is 4.33. The molecule has 4 rings (SSSR count). The molecule has 0 radical (unpaired) electrons. The van der Waals surface area contributed by atoms with Gasteiger partial charge in [-0.1, -0.05) is 12.1 Å². The molecule has 1 fully saturated rings. The largest absolute Gasteiger partial charge is 0.479 e. The van der Waals surface area contributed by atoms with E-state index in [9.17, 15) is 4.79 Å². The first kappa shape index (κ1) is 22.2. The van der Waals surface area contributed by atoms with E-state index >= 15 is 0 Å². The fraction of sp³-hybridized carbons (Fsp3) is 0.458. The average molecular weight is 438 g/mol. The normalized spacial score (nSPS) is 14.6. The highest BCUT2D eigenvalue weighted by Gasteiger charge is 2.18. The molecule has 1 aliphatic heterocycles. The molecule has 1 aromatic carbocycles. The molecule has 0 bridgehead atoms. The molecule has 170 valence electrons. The number of methoxy groups -OCH3 is 1. The summed E-state index contributed by atoms with van der Waals surface area (Å²) in [6, 6.07) is 8.08. The Morgan fingerprint density at radius 3 is 2.78 bits per heavy atom. The smallest absolute Gasteiger partial charge is 0.242 e. The summed E-state index contributed by atoms with van der Waals surface area (Å²) in [5.74, 6) is 0.556. The topological polar surface area (TPSA) is 81.5 Å². The summed E-state index contributed by atoms with van der Waals surface area (Å²) < 4.78 is 12.6. The molecule has 0 aliphatic carbocycles. The lowest BCUT2D eigenvalue weighted by molar-refractivity contribution is -0.116. The van der Waals surface area contributed by atoms with Crippen LogP contribution < -0.4 is 10.1 Å². The van der Waals surface area contributed by atoms with Crippen molar-refractivity contribution in [3.8, 4) is 5.88 Å². The highest BCUT2D eigenvalue weighted by molar-refractivity contribution is 5.91. The summed E-state index contributed by atoms with van der Waals surface area (Å²) >= 11 is 0. The van der Waals surface area contributed by atoms with Gasteiger partial charge in [-0.3, -0.25) is 9.69 Å². The van der Waals surface area contributed by atoms with Crippen molar-refractivity contribution >= 4 is 22.6 Å². The van der Waals surface area contributed by atoms with Gasteiger partial charge in [0.15, 0.2) is 5.65 Å². The number of hydrogen-bond donors (Lipinski definition) is 1. The Morgan fingerprint density at radius 1 is 1.25 bits per heavy atom. The summed E-state index contributed by atoms with van der Waals surface area (Å²) in [4.78, 5) is 19.8. The first-order chi connectivity index (χ1) is 15.5. The van der Waals surface area contributed by atoms with Crippen LogP contribution in [-0.4, -0.2) is 59.0 Å². The van der Waals surface area contributed by atoms with Crippen LogP contribution in [0.5, 0.6) is 5.88 Å². The third kappa shape index (κ3) is 4.76. The number of hydrogen-bond acceptors (Lipinski definition) is 6. The van der Waals surface area contributed by atoms with Gasteiger partial charge in [-0.2, -0.15) is 0 Å². The van der Waals surface area contributed by atoms with E-state index in [0.717, 1.165) is 66.4 Å². The number of nitrogens with one attached hydrogen (secondary N) is 1. The van der Waals surface area contributed by atoms with Crippen LogP contribution in [0.2, 0.25) is 0 Å². The predicted octanol–water partition coefficient (Wildman–Crippen LogP) is 3.00.